The fourth-order valence-corrected chi connectivity index (χ4v) is 2.56. The fraction of sp³-hybridized carbons (Fsp3) is 0.889. The van der Waals surface area contributed by atoms with Crippen LogP contribution in [0.25, 0.3) is 0 Å². The molecule has 1 aliphatic carbocycles. The number of hydrogen-bond acceptors (Lipinski definition) is 2. The summed E-state index contributed by atoms with van der Waals surface area (Å²) >= 11 is 0. The smallest absolute Gasteiger partial charge is 0.309 e. The van der Waals surface area contributed by atoms with Crippen molar-refractivity contribution >= 4 is 5.97 Å². The average Bonchev–Trinajstić information content (AvgIpc) is 2.34. The molecule has 1 heterocycles. The molecule has 1 aliphatic heterocycles. The molecule has 1 saturated heterocycles. The van der Waals surface area contributed by atoms with Crippen LogP contribution in [-0.2, 0) is 9.53 Å². The van der Waals surface area contributed by atoms with Crippen molar-refractivity contribution in [1.29, 1.82) is 0 Å². The summed E-state index contributed by atoms with van der Waals surface area (Å²) in [5, 5.41) is 8.88. The van der Waals surface area contributed by atoms with Crippen LogP contribution in [0, 0.1) is 5.41 Å². The summed E-state index contributed by atoms with van der Waals surface area (Å²) in [6.45, 7) is 2.62. The van der Waals surface area contributed by atoms with Gasteiger partial charge in [0.1, 0.15) is 0 Å². The van der Waals surface area contributed by atoms with Gasteiger partial charge in [0, 0.05) is 6.61 Å². The van der Waals surface area contributed by atoms with E-state index >= 15 is 0 Å². The third kappa shape index (κ3) is 0.959. The maximum absolute atomic E-state index is 10.8. The van der Waals surface area contributed by atoms with Gasteiger partial charge in [0.2, 0.25) is 0 Å². The molecule has 1 spiro atoms. The van der Waals surface area contributed by atoms with Gasteiger partial charge in [-0.2, -0.15) is 0 Å². The number of carboxylic acids is 1. The molecule has 2 fully saturated rings. The van der Waals surface area contributed by atoms with Gasteiger partial charge in [-0.15, -0.1) is 0 Å². The van der Waals surface area contributed by atoms with Crippen LogP contribution in [0.3, 0.4) is 0 Å². The van der Waals surface area contributed by atoms with Gasteiger partial charge in [0.15, 0.2) is 0 Å². The Kier molecular flexibility index (Phi) is 1.49. The van der Waals surface area contributed by atoms with Gasteiger partial charge in [-0.25, -0.2) is 0 Å². The molecule has 0 atom stereocenters. The zero-order chi connectivity index (χ0) is 8.82. The topological polar surface area (TPSA) is 46.5 Å². The van der Waals surface area contributed by atoms with Gasteiger partial charge in [-0.1, -0.05) is 0 Å². The van der Waals surface area contributed by atoms with Crippen molar-refractivity contribution in [2.75, 3.05) is 6.61 Å². The molecule has 0 unspecified atom stereocenters. The summed E-state index contributed by atoms with van der Waals surface area (Å²) in [5.41, 5.74) is -0.558. The lowest BCUT2D eigenvalue weighted by Crippen LogP contribution is -2.53. The molecule has 1 saturated carbocycles. The van der Waals surface area contributed by atoms with E-state index in [1.807, 2.05) is 6.92 Å². The van der Waals surface area contributed by atoms with E-state index in [9.17, 15) is 4.79 Å². The lowest BCUT2D eigenvalue weighted by molar-refractivity contribution is -0.179. The fourth-order valence-electron chi connectivity index (χ4n) is 2.56. The maximum atomic E-state index is 10.8. The maximum Gasteiger partial charge on any atom is 0.309 e. The van der Waals surface area contributed by atoms with E-state index in [0.29, 0.717) is 12.8 Å². The minimum absolute atomic E-state index is 0.0485. The normalized spacial score (nSPS) is 46.1. The van der Waals surface area contributed by atoms with E-state index in [1.165, 1.54) is 0 Å². The Morgan fingerprint density at radius 2 is 2.17 bits per heavy atom. The zero-order valence-electron chi connectivity index (χ0n) is 7.30. The Morgan fingerprint density at radius 3 is 2.58 bits per heavy atom. The van der Waals surface area contributed by atoms with Crippen LogP contribution in [-0.4, -0.2) is 23.3 Å². The Hall–Kier alpha value is -0.570. The lowest BCUT2D eigenvalue weighted by atomic mass is 9.59. The van der Waals surface area contributed by atoms with Crippen molar-refractivity contribution in [2.45, 2.75) is 38.2 Å². The van der Waals surface area contributed by atoms with Crippen molar-refractivity contribution < 1.29 is 14.6 Å². The van der Waals surface area contributed by atoms with Crippen LogP contribution in [0.2, 0.25) is 0 Å². The monoisotopic (exact) mass is 170 g/mol. The van der Waals surface area contributed by atoms with E-state index in [0.717, 1.165) is 19.4 Å². The van der Waals surface area contributed by atoms with Crippen LogP contribution in [0.5, 0.6) is 0 Å². The third-order valence-corrected chi connectivity index (χ3v) is 3.13. The van der Waals surface area contributed by atoms with Gasteiger partial charge < -0.3 is 9.84 Å². The van der Waals surface area contributed by atoms with Crippen LogP contribution < -0.4 is 0 Å². The van der Waals surface area contributed by atoms with Crippen LogP contribution in [0.4, 0.5) is 0 Å². The highest BCUT2D eigenvalue weighted by Crippen LogP contribution is 2.54. The van der Waals surface area contributed by atoms with Gasteiger partial charge >= 0.3 is 5.97 Å². The van der Waals surface area contributed by atoms with E-state index in [2.05, 4.69) is 0 Å². The molecule has 12 heavy (non-hydrogen) atoms. The summed E-state index contributed by atoms with van der Waals surface area (Å²) in [4.78, 5) is 10.8. The Labute approximate surface area is 71.7 Å². The van der Waals surface area contributed by atoms with Crippen molar-refractivity contribution in [3.63, 3.8) is 0 Å². The first-order valence-corrected chi connectivity index (χ1v) is 4.44. The molecule has 2 rings (SSSR count). The molecule has 0 radical (unpaired) electrons. The Balaban J connectivity index is 2.01. The summed E-state index contributed by atoms with van der Waals surface area (Å²) < 4.78 is 5.56. The first-order valence-electron chi connectivity index (χ1n) is 4.44. The molecule has 3 heteroatoms. The molecule has 0 amide bonds. The summed E-state index contributed by atoms with van der Waals surface area (Å²) in [6, 6.07) is 0. The van der Waals surface area contributed by atoms with Gasteiger partial charge in [0.25, 0.3) is 0 Å². The third-order valence-electron chi connectivity index (χ3n) is 3.13. The van der Waals surface area contributed by atoms with E-state index in [4.69, 9.17) is 9.84 Å². The van der Waals surface area contributed by atoms with Crippen molar-refractivity contribution in [2.24, 2.45) is 5.41 Å². The Bertz CT molecular complexity index is 208. The number of rotatable bonds is 1. The van der Waals surface area contributed by atoms with Crippen LogP contribution in [0.1, 0.15) is 32.6 Å². The van der Waals surface area contributed by atoms with Crippen molar-refractivity contribution in [3.05, 3.63) is 0 Å². The predicted molar refractivity (Wildman–Crippen MR) is 42.9 cm³/mol. The molecule has 3 nitrogen and oxygen atoms in total. The van der Waals surface area contributed by atoms with Crippen molar-refractivity contribution in [3.8, 4) is 0 Å². The van der Waals surface area contributed by atoms with Gasteiger partial charge in [-0.3, -0.25) is 4.79 Å². The van der Waals surface area contributed by atoms with E-state index < -0.39 is 11.4 Å². The molecule has 0 aromatic carbocycles. The minimum Gasteiger partial charge on any atom is -0.481 e. The van der Waals surface area contributed by atoms with Crippen molar-refractivity contribution in [1.82, 2.24) is 0 Å². The summed E-state index contributed by atoms with van der Waals surface area (Å²) in [7, 11) is 0. The van der Waals surface area contributed by atoms with E-state index in [1.54, 1.807) is 0 Å². The van der Waals surface area contributed by atoms with Crippen LogP contribution >= 0.6 is 0 Å². The van der Waals surface area contributed by atoms with E-state index in [-0.39, 0.29) is 5.60 Å². The second-order valence-electron chi connectivity index (χ2n) is 4.35. The second-order valence-corrected chi connectivity index (χ2v) is 4.35. The molecule has 0 bridgehead atoms. The molecule has 68 valence electrons. The predicted octanol–water partition coefficient (Wildman–Crippen LogP) is 1.42. The number of ether oxygens (including phenoxy) is 1. The highest BCUT2D eigenvalue weighted by atomic mass is 16.5. The summed E-state index contributed by atoms with van der Waals surface area (Å²) in [6.07, 6.45) is 3.55. The molecule has 1 N–H and O–H groups in total. The quantitative estimate of drug-likeness (QED) is 0.647. The minimum atomic E-state index is -0.677. The summed E-state index contributed by atoms with van der Waals surface area (Å²) in [5.74, 6) is -0.677. The number of aliphatic carboxylic acids is 1. The first kappa shape index (κ1) is 8.05. The highest BCUT2D eigenvalue weighted by molar-refractivity contribution is 5.76. The Morgan fingerprint density at radius 1 is 1.50 bits per heavy atom. The largest absolute Gasteiger partial charge is 0.481 e. The van der Waals surface area contributed by atoms with Gasteiger partial charge in [-0.05, 0) is 32.6 Å². The molecule has 0 aromatic rings. The molecule has 2 aliphatic rings. The zero-order valence-corrected chi connectivity index (χ0v) is 7.30. The lowest BCUT2D eigenvalue weighted by Gasteiger charge is -2.49. The molecular formula is C9H14O3. The van der Waals surface area contributed by atoms with Crippen LogP contribution in [0.15, 0.2) is 0 Å². The highest BCUT2D eigenvalue weighted by Gasteiger charge is 2.58. The molecular weight excluding hydrogens is 156 g/mol. The molecule has 0 aromatic heterocycles. The number of carboxylic acid groups (broad SMARTS) is 1. The standard InChI is InChI=1S/C9H14O3/c1-8(7(10)11)5-9(6-8)3-2-4-12-9/h2-6H2,1H3,(H,10,11). The second kappa shape index (κ2) is 2.22. The van der Waals surface area contributed by atoms with Gasteiger partial charge in [0.05, 0.1) is 11.0 Å². The first-order chi connectivity index (χ1) is 5.56. The number of hydrogen-bond donors (Lipinski definition) is 1. The number of carbonyl (C=O) groups is 1. The SMILES string of the molecule is CC1(C(=O)O)CC2(CCCO2)C1. The average molecular weight is 170 g/mol.